The summed E-state index contributed by atoms with van der Waals surface area (Å²) in [6, 6.07) is 12.3. The summed E-state index contributed by atoms with van der Waals surface area (Å²) in [5, 5.41) is 20.9. The molecular formula is C18H12N2O5S. The number of nitrogens with zero attached hydrogens (tertiary/aromatic N) is 1. The number of para-hydroxylation sites is 1. The fourth-order valence-corrected chi connectivity index (χ4v) is 3.05. The predicted octanol–water partition coefficient (Wildman–Crippen LogP) is 2.97. The number of amides is 1. The van der Waals surface area contributed by atoms with Gasteiger partial charge in [-0.3, -0.25) is 4.79 Å². The predicted molar refractivity (Wildman–Crippen MR) is 97.6 cm³/mol. The molecule has 1 heterocycles. The van der Waals surface area contributed by atoms with Crippen molar-refractivity contribution in [3.05, 3.63) is 70.1 Å². The topological polar surface area (TPSA) is 116 Å². The third-order valence-electron chi connectivity index (χ3n) is 3.46. The minimum absolute atomic E-state index is 0.0385. The molecule has 3 N–H and O–H groups in total. The maximum atomic E-state index is 12.1. The third kappa shape index (κ3) is 3.81. The van der Waals surface area contributed by atoms with Gasteiger partial charge in [0.1, 0.15) is 0 Å². The second-order valence-electron chi connectivity index (χ2n) is 5.23. The molecule has 0 saturated carbocycles. The first-order valence-corrected chi connectivity index (χ1v) is 8.21. The van der Waals surface area contributed by atoms with E-state index in [4.69, 9.17) is 5.11 Å². The Morgan fingerprint density at radius 2 is 1.69 bits per heavy atom. The van der Waals surface area contributed by atoms with E-state index >= 15 is 0 Å². The van der Waals surface area contributed by atoms with E-state index in [2.05, 4.69) is 10.3 Å². The first-order valence-electron chi connectivity index (χ1n) is 7.39. The maximum Gasteiger partial charge on any atom is 0.337 e. The van der Waals surface area contributed by atoms with Crippen LogP contribution < -0.4 is 5.32 Å². The molecule has 130 valence electrons. The van der Waals surface area contributed by atoms with E-state index in [0.717, 1.165) is 11.8 Å². The highest BCUT2D eigenvalue weighted by Gasteiger charge is 2.24. The van der Waals surface area contributed by atoms with Crippen molar-refractivity contribution in [1.82, 2.24) is 5.32 Å². The number of carboxylic acids is 2. The number of carbonyl (C=O) groups is 3. The number of nitrogens with one attached hydrogen (secondary N) is 1. The lowest BCUT2D eigenvalue weighted by atomic mass is 10.1. The Morgan fingerprint density at radius 1 is 1.00 bits per heavy atom. The van der Waals surface area contributed by atoms with Crippen LogP contribution in [0, 0.1) is 0 Å². The van der Waals surface area contributed by atoms with Gasteiger partial charge in [-0.15, -0.1) is 0 Å². The van der Waals surface area contributed by atoms with E-state index in [9.17, 15) is 19.5 Å². The molecule has 0 aromatic heterocycles. The van der Waals surface area contributed by atoms with E-state index in [1.165, 1.54) is 18.2 Å². The van der Waals surface area contributed by atoms with E-state index < -0.39 is 11.9 Å². The van der Waals surface area contributed by atoms with Gasteiger partial charge in [-0.05, 0) is 47.7 Å². The average molecular weight is 368 g/mol. The van der Waals surface area contributed by atoms with Gasteiger partial charge in [0.25, 0.3) is 5.91 Å². The Bertz CT molecular complexity index is 964. The van der Waals surface area contributed by atoms with Gasteiger partial charge < -0.3 is 15.5 Å². The molecular weight excluding hydrogens is 356 g/mol. The smallest absolute Gasteiger partial charge is 0.337 e. The third-order valence-corrected chi connectivity index (χ3v) is 4.37. The molecule has 1 aliphatic heterocycles. The summed E-state index contributed by atoms with van der Waals surface area (Å²) in [6.45, 7) is 0. The lowest BCUT2D eigenvalue weighted by Crippen LogP contribution is -2.19. The van der Waals surface area contributed by atoms with E-state index in [0.29, 0.717) is 10.5 Å². The molecule has 26 heavy (non-hydrogen) atoms. The number of thioether (sulfide) groups is 1. The number of carboxylic acid groups (broad SMARTS) is 2. The molecule has 0 bridgehead atoms. The van der Waals surface area contributed by atoms with Crippen LogP contribution in [0.25, 0.3) is 6.08 Å². The Morgan fingerprint density at radius 3 is 2.35 bits per heavy atom. The molecule has 8 heteroatoms. The lowest BCUT2D eigenvalue weighted by molar-refractivity contribution is -0.115. The van der Waals surface area contributed by atoms with Gasteiger partial charge in [0.05, 0.1) is 21.7 Å². The summed E-state index contributed by atoms with van der Waals surface area (Å²) in [6.07, 6.45) is 1.61. The van der Waals surface area contributed by atoms with Gasteiger partial charge >= 0.3 is 11.9 Å². The zero-order valence-electron chi connectivity index (χ0n) is 13.2. The van der Waals surface area contributed by atoms with E-state index in [1.54, 1.807) is 36.4 Å². The van der Waals surface area contributed by atoms with Gasteiger partial charge in [0.2, 0.25) is 0 Å². The van der Waals surface area contributed by atoms with Gasteiger partial charge in [0, 0.05) is 0 Å². The number of amidine groups is 1. The number of hydrogen-bond donors (Lipinski definition) is 3. The zero-order chi connectivity index (χ0) is 18.7. The fraction of sp³-hybridized carbons (Fsp3) is 0. The fourth-order valence-electron chi connectivity index (χ4n) is 2.22. The van der Waals surface area contributed by atoms with E-state index in [1.807, 2.05) is 0 Å². The second-order valence-corrected chi connectivity index (χ2v) is 6.26. The largest absolute Gasteiger partial charge is 0.478 e. The first-order chi connectivity index (χ1) is 12.4. The normalized spacial score (nSPS) is 16.7. The van der Waals surface area contributed by atoms with Crippen molar-refractivity contribution in [2.45, 2.75) is 0 Å². The van der Waals surface area contributed by atoms with Crippen LogP contribution in [0.1, 0.15) is 26.3 Å². The molecule has 0 unspecified atom stereocenters. The second kappa shape index (κ2) is 7.24. The van der Waals surface area contributed by atoms with E-state index in [-0.39, 0.29) is 27.9 Å². The quantitative estimate of drug-likeness (QED) is 0.715. The average Bonchev–Trinajstić information content (AvgIpc) is 2.95. The van der Waals surface area contributed by atoms with Crippen molar-refractivity contribution >= 4 is 46.5 Å². The maximum absolute atomic E-state index is 12.1. The zero-order valence-corrected chi connectivity index (χ0v) is 14.0. The van der Waals surface area contributed by atoms with Crippen LogP contribution >= 0.6 is 11.8 Å². The molecule has 0 radical (unpaired) electrons. The SMILES string of the molecule is O=C1NC(=Nc2ccccc2C(=O)O)S/C1=C\c1ccc(C(=O)O)cc1. The molecule has 1 fully saturated rings. The Balaban J connectivity index is 1.85. The number of aliphatic imine (C=N–C) groups is 1. The molecule has 7 nitrogen and oxygen atoms in total. The number of benzene rings is 2. The highest BCUT2D eigenvalue weighted by molar-refractivity contribution is 8.18. The Hall–Kier alpha value is -3.39. The molecule has 3 rings (SSSR count). The highest BCUT2D eigenvalue weighted by atomic mass is 32.2. The summed E-state index contributed by atoms with van der Waals surface area (Å²) in [7, 11) is 0. The Labute approximate surface area is 152 Å². The first kappa shape index (κ1) is 17.4. The monoisotopic (exact) mass is 368 g/mol. The van der Waals surface area contributed by atoms with Crippen molar-refractivity contribution in [3.8, 4) is 0 Å². The molecule has 2 aromatic carbocycles. The molecule has 0 atom stereocenters. The molecule has 1 amide bonds. The lowest BCUT2D eigenvalue weighted by Gasteiger charge is -2.00. The minimum Gasteiger partial charge on any atom is -0.478 e. The summed E-state index contributed by atoms with van der Waals surface area (Å²) in [4.78, 5) is 38.7. The number of carbonyl (C=O) groups excluding carboxylic acids is 1. The molecule has 2 aromatic rings. The minimum atomic E-state index is -1.10. The summed E-state index contributed by atoms with van der Waals surface area (Å²) >= 11 is 1.08. The van der Waals surface area contributed by atoms with Crippen molar-refractivity contribution in [3.63, 3.8) is 0 Å². The van der Waals surface area contributed by atoms with Crippen LogP contribution in [0.3, 0.4) is 0 Å². The van der Waals surface area contributed by atoms with Crippen molar-refractivity contribution in [2.75, 3.05) is 0 Å². The standard InChI is InChI=1S/C18H12N2O5S/c21-15-14(9-10-5-7-11(8-6-10)16(22)23)26-18(20-15)19-13-4-2-1-3-12(13)17(24)25/h1-9H,(H,22,23)(H,24,25)(H,19,20,21)/b14-9-. The molecule has 0 spiro atoms. The van der Waals surface area contributed by atoms with Gasteiger partial charge in [-0.1, -0.05) is 24.3 Å². The molecule has 1 saturated heterocycles. The summed E-state index contributed by atoms with van der Waals surface area (Å²) in [5.41, 5.74) is 1.11. The molecule has 1 aliphatic rings. The van der Waals surface area contributed by atoms with Crippen LogP contribution in [-0.4, -0.2) is 33.2 Å². The van der Waals surface area contributed by atoms with Crippen molar-refractivity contribution in [2.24, 2.45) is 4.99 Å². The van der Waals surface area contributed by atoms with Crippen LogP contribution in [0.4, 0.5) is 5.69 Å². The van der Waals surface area contributed by atoms with Crippen molar-refractivity contribution in [1.29, 1.82) is 0 Å². The van der Waals surface area contributed by atoms with Crippen LogP contribution in [-0.2, 0) is 4.79 Å². The molecule has 0 aliphatic carbocycles. The van der Waals surface area contributed by atoms with Gasteiger partial charge in [-0.2, -0.15) is 0 Å². The van der Waals surface area contributed by atoms with Crippen LogP contribution in [0.15, 0.2) is 58.4 Å². The summed E-state index contributed by atoms with van der Waals surface area (Å²) in [5.74, 6) is -2.49. The number of rotatable bonds is 4. The summed E-state index contributed by atoms with van der Waals surface area (Å²) < 4.78 is 0. The van der Waals surface area contributed by atoms with Crippen molar-refractivity contribution < 1.29 is 24.6 Å². The Kier molecular flexibility index (Phi) is 4.85. The van der Waals surface area contributed by atoms with Crippen LogP contribution in [0.5, 0.6) is 0 Å². The number of hydrogen-bond acceptors (Lipinski definition) is 5. The van der Waals surface area contributed by atoms with Gasteiger partial charge in [-0.25, -0.2) is 14.6 Å². The number of aromatic carboxylic acids is 2. The highest BCUT2D eigenvalue weighted by Crippen LogP contribution is 2.29. The van der Waals surface area contributed by atoms with Crippen LogP contribution in [0.2, 0.25) is 0 Å². The van der Waals surface area contributed by atoms with Gasteiger partial charge in [0.15, 0.2) is 5.17 Å².